The van der Waals surface area contributed by atoms with Crippen molar-refractivity contribution in [3.05, 3.63) is 94.9 Å². The summed E-state index contributed by atoms with van der Waals surface area (Å²) in [6, 6.07) is 17.2. The number of nitrogens with zero attached hydrogens (tertiary/aromatic N) is 6. The van der Waals surface area contributed by atoms with E-state index in [1.165, 1.54) is 10.9 Å². The molecule has 170 valence electrons. The average molecular weight is 454 g/mol. The van der Waals surface area contributed by atoms with Gasteiger partial charge in [0.15, 0.2) is 5.65 Å². The van der Waals surface area contributed by atoms with Gasteiger partial charge in [0.25, 0.3) is 5.56 Å². The van der Waals surface area contributed by atoms with Crippen molar-refractivity contribution < 1.29 is 9.47 Å². The van der Waals surface area contributed by atoms with Crippen molar-refractivity contribution in [3.8, 4) is 22.6 Å². The van der Waals surface area contributed by atoms with Crippen molar-refractivity contribution in [2.24, 2.45) is 0 Å². The molecule has 0 radical (unpaired) electrons. The topological polar surface area (TPSA) is 97.0 Å². The molecule has 5 rings (SSSR count). The second-order valence-corrected chi connectivity index (χ2v) is 7.76. The summed E-state index contributed by atoms with van der Waals surface area (Å²) < 4.78 is 13.7. The van der Waals surface area contributed by atoms with Gasteiger partial charge < -0.3 is 9.47 Å². The fourth-order valence-corrected chi connectivity index (χ4v) is 3.68. The summed E-state index contributed by atoms with van der Waals surface area (Å²) >= 11 is 0. The Balaban J connectivity index is 1.38. The molecule has 5 aromatic rings. The number of pyridine rings is 1. The highest BCUT2D eigenvalue weighted by atomic mass is 16.5. The van der Waals surface area contributed by atoms with Gasteiger partial charge in [-0.25, -0.2) is 14.6 Å². The molecule has 0 saturated carbocycles. The Kier molecular flexibility index (Phi) is 5.73. The first kappa shape index (κ1) is 21.3. The lowest BCUT2D eigenvalue weighted by Gasteiger charge is -2.07. The smallest absolute Gasteiger partial charge is 0.263 e. The molecule has 0 saturated heterocycles. The van der Waals surface area contributed by atoms with Crippen LogP contribution in [0.25, 0.3) is 22.2 Å². The van der Waals surface area contributed by atoms with Crippen molar-refractivity contribution >= 4 is 11.0 Å². The molecule has 0 aliphatic heterocycles. The van der Waals surface area contributed by atoms with Crippen LogP contribution in [0.5, 0.6) is 11.5 Å². The summed E-state index contributed by atoms with van der Waals surface area (Å²) in [6.45, 7) is 0.828. The lowest BCUT2D eigenvalue weighted by molar-refractivity contribution is 0.414. The van der Waals surface area contributed by atoms with Crippen LogP contribution in [0.2, 0.25) is 0 Å². The Morgan fingerprint density at radius 1 is 0.853 bits per heavy atom. The van der Waals surface area contributed by atoms with Crippen molar-refractivity contribution in [1.29, 1.82) is 0 Å². The van der Waals surface area contributed by atoms with Gasteiger partial charge in [-0.15, -0.1) is 5.10 Å². The van der Waals surface area contributed by atoms with Crippen LogP contribution < -0.4 is 15.0 Å². The number of rotatable bonds is 7. The SMILES string of the molecule is COc1ccc(Cn2cc(Cn3cnc4ncc(-c5ccc(OC)cc5)cc4c3=O)nn2)cc1. The van der Waals surface area contributed by atoms with Crippen LogP contribution in [0.4, 0.5) is 0 Å². The molecule has 3 heterocycles. The summed E-state index contributed by atoms with van der Waals surface area (Å²) in [4.78, 5) is 21.9. The van der Waals surface area contributed by atoms with E-state index in [1.54, 1.807) is 25.1 Å². The maximum absolute atomic E-state index is 13.2. The van der Waals surface area contributed by atoms with E-state index in [2.05, 4.69) is 20.3 Å². The van der Waals surface area contributed by atoms with Crippen molar-refractivity contribution in [3.63, 3.8) is 0 Å². The van der Waals surface area contributed by atoms with E-state index in [4.69, 9.17) is 9.47 Å². The van der Waals surface area contributed by atoms with E-state index < -0.39 is 0 Å². The molecule has 0 bridgehead atoms. The number of benzene rings is 2. The van der Waals surface area contributed by atoms with Gasteiger partial charge in [0, 0.05) is 11.8 Å². The fourth-order valence-electron chi connectivity index (χ4n) is 3.68. The normalized spacial score (nSPS) is 11.0. The Bertz CT molecular complexity index is 1490. The Morgan fingerprint density at radius 2 is 1.56 bits per heavy atom. The van der Waals surface area contributed by atoms with E-state index in [0.29, 0.717) is 23.3 Å². The molecule has 2 aromatic carbocycles. The summed E-state index contributed by atoms with van der Waals surface area (Å²) in [5.41, 5.74) is 3.72. The maximum Gasteiger partial charge on any atom is 0.263 e. The van der Waals surface area contributed by atoms with Crippen LogP contribution in [0, 0.1) is 0 Å². The van der Waals surface area contributed by atoms with Crippen LogP contribution in [0.15, 0.2) is 78.1 Å². The fraction of sp³-hybridized carbons (Fsp3) is 0.160. The zero-order valence-corrected chi connectivity index (χ0v) is 18.8. The third-order valence-electron chi connectivity index (χ3n) is 5.52. The molecule has 3 aromatic heterocycles. The van der Waals surface area contributed by atoms with Gasteiger partial charge in [0.1, 0.15) is 23.5 Å². The minimum atomic E-state index is -0.183. The van der Waals surface area contributed by atoms with Gasteiger partial charge in [-0.3, -0.25) is 9.36 Å². The summed E-state index contributed by atoms with van der Waals surface area (Å²) in [5, 5.41) is 8.85. The Morgan fingerprint density at radius 3 is 2.26 bits per heavy atom. The molecule has 34 heavy (non-hydrogen) atoms. The molecular weight excluding hydrogens is 432 g/mol. The summed E-state index contributed by atoms with van der Waals surface area (Å²) in [7, 11) is 3.26. The summed E-state index contributed by atoms with van der Waals surface area (Å²) in [5.74, 6) is 1.57. The lowest BCUT2D eigenvalue weighted by Crippen LogP contribution is -2.21. The quantitative estimate of drug-likeness (QED) is 0.373. The highest BCUT2D eigenvalue weighted by molar-refractivity contribution is 5.80. The lowest BCUT2D eigenvalue weighted by atomic mass is 10.1. The number of aromatic nitrogens is 6. The highest BCUT2D eigenvalue weighted by Crippen LogP contribution is 2.23. The monoisotopic (exact) mass is 454 g/mol. The second kappa shape index (κ2) is 9.14. The minimum Gasteiger partial charge on any atom is -0.497 e. The van der Waals surface area contributed by atoms with Gasteiger partial charge in [-0.2, -0.15) is 0 Å². The van der Waals surface area contributed by atoms with Gasteiger partial charge in [-0.1, -0.05) is 29.5 Å². The molecule has 0 aliphatic carbocycles. The Hall–Kier alpha value is -4.53. The molecule has 0 spiro atoms. The zero-order chi connectivity index (χ0) is 23.5. The van der Waals surface area contributed by atoms with Crippen molar-refractivity contribution in [2.45, 2.75) is 13.1 Å². The molecule has 0 atom stereocenters. The predicted molar refractivity (Wildman–Crippen MR) is 127 cm³/mol. The van der Waals surface area contributed by atoms with Crippen LogP contribution in [0.3, 0.4) is 0 Å². The molecule has 0 unspecified atom stereocenters. The number of fused-ring (bicyclic) bond motifs is 1. The molecule has 0 aliphatic rings. The van der Waals surface area contributed by atoms with Crippen LogP contribution in [-0.2, 0) is 13.1 Å². The molecule has 0 amide bonds. The van der Waals surface area contributed by atoms with Crippen LogP contribution in [-0.4, -0.2) is 43.7 Å². The van der Waals surface area contributed by atoms with Crippen LogP contribution in [0.1, 0.15) is 11.3 Å². The number of ether oxygens (including phenoxy) is 2. The molecule has 0 fully saturated rings. The van der Waals surface area contributed by atoms with E-state index in [1.807, 2.05) is 60.8 Å². The largest absolute Gasteiger partial charge is 0.497 e. The van der Waals surface area contributed by atoms with E-state index in [9.17, 15) is 4.79 Å². The third kappa shape index (κ3) is 4.36. The van der Waals surface area contributed by atoms with E-state index >= 15 is 0 Å². The first-order valence-corrected chi connectivity index (χ1v) is 10.6. The van der Waals surface area contributed by atoms with Gasteiger partial charge >= 0.3 is 0 Å². The number of hydrogen-bond donors (Lipinski definition) is 0. The predicted octanol–water partition coefficient (Wildman–Crippen LogP) is 3.16. The summed E-state index contributed by atoms with van der Waals surface area (Å²) in [6.07, 6.45) is 5.03. The standard InChI is InChI=1S/C25H22N6O3/c1-33-21-7-3-17(4-8-21)13-31-15-20(28-29-31)14-30-16-27-24-23(25(30)32)11-19(12-26-24)18-5-9-22(34-2)10-6-18/h3-12,15-16H,13-14H2,1-2H3. The van der Waals surface area contributed by atoms with E-state index in [-0.39, 0.29) is 12.1 Å². The second-order valence-electron chi connectivity index (χ2n) is 7.76. The van der Waals surface area contributed by atoms with Crippen molar-refractivity contribution in [2.75, 3.05) is 14.2 Å². The molecular formula is C25H22N6O3. The highest BCUT2D eigenvalue weighted by Gasteiger charge is 2.10. The van der Waals surface area contributed by atoms with Gasteiger partial charge in [-0.05, 0) is 41.5 Å². The zero-order valence-electron chi connectivity index (χ0n) is 18.8. The Labute approximate surface area is 195 Å². The molecule has 9 heteroatoms. The first-order valence-electron chi connectivity index (χ1n) is 10.6. The average Bonchev–Trinajstić information content (AvgIpc) is 3.33. The molecule has 9 nitrogen and oxygen atoms in total. The van der Waals surface area contributed by atoms with Gasteiger partial charge in [0.2, 0.25) is 0 Å². The van der Waals surface area contributed by atoms with Gasteiger partial charge in [0.05, 0.1) is 38.9 Å². The number of hydrogen-bond acceptors (Lipinski definition) is 7. The third-order valence-corrected chi connectivity index (χ3v) is 5.52. The van der Waals surface area contributed by atoms with Crippen molar-refractivity contribution in [1.82, 2.24) is 29.5 Å². The van der Waals surface area contributed by atoms with Crippen LogP contribution >= 0.6 is 0 Å². The number of methoxy groups -OCH3 is 2. The molecule has 0 N–H and O–H groups in total. The minimum absolute atomic E-state index is 0.183. The maximum atomic E-state index is 13.2. The van der Waals surface area contributed by atoms with E-state index in [0.717, 1.165) is 28.2 Å². The first-order chi connectivity index (χ1) is 16.6.